The molecule has 0 aliphatic heterocycles. The van der Waals surface area contributed by atoms with Crippen LogP contribution in [0.2, 0.25) is 0 Å². The van der Waals surface area contributed by atoms with Gasteiger partial charge in [0.2, 0.25) is 0 Å². The van der Waals surface area contributed by atoms with Crippen molar-refractivity contribution >= 4 is 22.3 Å². The van der Waals surface area contributed by atoms with E-state index in [4.69, 9.17) is 10.00 Å². The third-order valence-electron chi connectivity index (χ3n) is 5.14. The van der Waals surface area contributed by atoms with Gasteiger partial charge in [0.1, 0.15) is 5.70 Å². The molecule has 152 valence electrons. The lowest BCUT2D eigenvalue weighted by Gasteiger charge is -2.15. The summed E-state index contributed by atoms with van der Waals surface area (Å²) in [4.78, 5) is 7.92. The Bertz CT molecular complexity index is 1310. The second-order valence-electron chi connectivity index (χ2n) is 7.01. The Morgan fingerprint density at radius 3 is 2.39 bits per heavy atom. The third-order valence-corrected chi connectivity index (χ3v) is 5.14. The normalized spacial score (nSPS) is 11.5. The van der Waals surface area contributed by atoms with Crippen LogP contribution in [0, 0.1) is 11.3 Å². The number of nitrogens with zero attached hydrogens (tertiary/aromatic N) is 2. The van der Waals surface area contributed by atoms with Crippen LogP contribution in [-0.4, -0.2) is 24.1 Å². The second kappa shape index (κ2) is 8.60. The van der Waals surface area contributed by atoms with Gasteiger partial charge in [0, 0.05) is 12.6 Å². The molecule has 0 unspecified atom stereocenters. The van der Waals surface area contributed by atoms with Crippen molar-refractivity contribution in [1.82, 2.24) is 15.3 Å². The third kappa shape index (κ3) is 3.92. The number of rotatable bonds is 6. The van der Waals surface area contributed by atoms with E-state index in [1.54, 1.807) is 19.2 Å². The average molecular weight is 406 g/mol. The van der Waals surface area contributed by atoms with Gasteiger partial charge in [0.15, 0.2) is 11.6 Å². The number of benzene rings is 3. The molecule has 5 heteroatoms. The predicted octanol–water partition coefficient (Wildman–Crippen LogP) is 5.35. The van der Waals surface area contributed by atoms with E-state index in [2.05, 4.69) is 52.2 Å². The lowest BCUT2D eigenvalue weighted by molar-refractivity contribution is 0.311. The fraction of sp³-hybridized carbons (Fsp3) is 0.0769. The fourth-order valence-corrected chi connectivity index (χ4v) is 3.54. The van der Waals surface area contributed by atoms with Crippen LogP contribution in [0.1, 0.15) is 17.0 Å². The van der Waals surface area contributed by atoms with Crippen molar-refractivity contribution in [3.63, 3.8) is 0 Å². The number of nitrogens with one attached hydrogen (secondary N) is 2. The van der Waals surface area contributed by atoms with E-state index < -0.39 is 0 Å². The summed E-state index contributed by atoms with van der Waals surface area (Å²) >= 11 is 0. The number of aromatic amines is 1. The van der Waals surface area contributed by atoms with E-state index in [0.717, 1.165) is 33.3 Å². The predicted molar refractivity (Wildman–Crippen MR) is 125 cm³/mol. The second-order valence-corrected chi connectivity index (χ2v) is 7.01. The van der Waals surface area contributed by atoms with Gasteiger partial charge in [0.25, 0.3) is 0 Å². The Balaban J connectivity index is 1.71. The monoisotopic (exact) mass is 406 g/mol. The Morgan fingerprint density at radius 1 is 1.03 bits per heavy atom. The molecule has 0 amide bonds. The Labute approximate surface area is 181 Å². The molecule has 2 N–H and O–H groups in total. The van der Waals surface area contributed by atoms with Crippen molar-refractivity contribution in [2.45, 2.75) is 0 Å². The van der Waals surface area contributed by atoms with Gasteiger partial charge >= 0.3 is 0 Å². The van der Waals surface area contributed by atoms with E-state index in [1.807, 2.05) is 43.4 Å². The van der Waals surface area contributed by atoms with Crippen LogP contribution in [0.5, 0.6) is 0 Å². The summed E-state index contributed by atoms with van der Waals surface area (Å²) in [5.74, 6) is 1.21. The zero-order valence-electron chi connectivity index (χ0n) is 17.4. The van der Waals surface area contributed by atoms with Crippen LogP contribution in [0.3, 0.4) is 0 Å². The molecule has 3 aromatic carbocycles. The van der Waals surface area contributed by atoms with Crippen molar-refractivity contribution in [1.29, 1.82) is 5.26 Å². The molecule has 1 aromatic heterocycles. The molecule has 31 heavy (non-hydrogen) atoms. The number of methoxy groups -OCH3 is 1. The highest BCUT2D eigenvalue weighted by Crippen LogP contribution is 2.30. The van der Waals surface area contributed by atoms with E-state index >= 15 is 0 Å². The summed E-state index contributed by atoms with van der Waals surface area (Å²) < 4.78 is 5.73. The molecule has 0 radical (unpaired) electrons. The van der Waals surface area contributed by atoms with Gasteiger partial charge in [-0.1, -0.05) is 61.2 Å². The maximum Gasteiger partial charge on any atom is 0.158 e. The number of aromatic nitrogens is 2. The van der Waals surface area contributed by atoms with Crippen molar-refractivity contribution in [2.24, 2.45) is 0 Å². The number of nitriles is 1. The summed E-state index contributed by atoms with van der Waals surface area (Å²) in [5, 5.41) is 12.3. The summed E-state index contributed by atoms with van der Waals surface area (Å²) in [5.41, 5.74) is 6.82. The van der Waals surface area contributed by atoms with Gasteiger partial charge < -0.3 is 15.0 Å². The maximum atomic E-state index is 9.14. The van der Waals surface area contributed by atoms with E-state index in [9.17, 15) is 0 Å². The van der Waals surface area contributed by atoms with Gasteiger partial charge in [0.05, 0.1) is 29.8 Å². The van der Waals surface area contributed by atoms with Crippen molar-refractivity contribution in [3.05, 3.63) is 102 Å². The summed E-state index contributed by atoms with van der Waals surface area (Å²) in [6.45, 7) is 4.27. The van der Waals surface area contributed by atoms with Gasteiger partial charge in [-0.25, -0.2) is 4.98 Å². The average Bonchev–Trinajstić information content (AvgIpc) is 3.25. The number of imidazole rings is 1. The molecule has 4 aromatic rings. The van der Waals surface area contributed by atoms with E-state index in [0.29, 0.717) is 22.8 Å². The lowest BCUT2D eigenvalue weighted by atomic mass is 9.99. The molecule has 0 saturated heterocycles. The molecule has 4 rings (SSSR count). The lowest BCUT2D eigenvalue weighted by Crippen LogP contribution is -2.11. The standard InChI is InChI=1S/C26H22N4O/c1-17(19-10-12-21(13-11-19)20-7-5-4-6-8-20)25(31-3)24(28-2)26-29-22-14-9-18(16-27)15-23(22)30-26/h4-15,28H,1H2,2-3H3,(H,29,30)/b25-24+. The molecule has 0 spiro atoms. The first-order chi connectivity index (χ1) is 15.1. The molecular formula is C26H22N4O. The van der Waals surface area contributed by atoms with E-state index in [-0.39, 0.29) is 0 Å². The number of H-pyrrole nitrogens is 1. The minimum Gasteiger partial charge on any atom is -0.494 e. The van der Waals surface area contributed by atoms with Crippen molar-refractivity contribution in [3.8, 4) is 17.2 Å². The van der Waals surface area contributed by atoms with Crippen molar-refractivity contribution in [2.75, 3.05) is 14.2 Å². The molecule has 0 atom stereocenters. The molecule has 0 bridgehead atoms. The highest BCUT2D eigenvalue weighted by Gasteiger charge is 2.17. The zero-order chi connectivity index (χ0) is 21.8. The maximum absolute atomic E-state index is 9.14. The first-order valence-electron chi connectivity index (χ1n) is 9.86. The number of ether oxygens (including phenoxy) is 1. The largest absolute Gasteiger partial charge is 0.494 e. The minimum atomic E-state index is 0.576. The molecular weight excluding hydrogens is 384 g/mol. The molecule has 1 heterocycles. The summed E-state index contributed by atoms with van der Waals surface area (Å²) in [7, 11) is 3.43. The van der Waals surface area contributed by atoms with Gasteiger partial charge in [-0.15, -0.1) is 0 Å². The molecule has 0 aliphatic carbocycles. The van der Waals surface area contributed by atoms with Crippen LogP contribution in [-0.2, 0) is 4.74 Å². The summed E-state index contributed by atoms with van der Waals surface area (Å²) in [6, 6.07) is 26.0. The van der Waals surface area contributed by atoms with Crippen LogP contribution >= 0.6 is 0 Å². The molecule has 0 saturated carbocycles. The molecule has 0 aliphatic rings. The number of allylic oxidation sites excluding steroid dienone is 1. The molecule has 0 fully saturated rings. The minimum absolute atomic E-state index is 0.576. The number of hydrogen-bond donors (Lipinski definition) is 2. The van der Waals surface area contributed by atoms with Gasteiger partial charge in [-0.2, -0.15) is 5.26 Å². The van der Waals surface area contributed by atoms with Crippen LogP contribution in [0.25, 0.3) is 33.4 Å². The SMILES string of the molecule is C=C(/C(OC)=C(\NC)c1nc2ccc(C#N)cc2[nH]1)c1ccc(-c2ccccc2)cc1. The quantitative estimate of drug-likeness (QED) is 0.334. The highest BCUT2D eigenvalue weighted by atomic mass is 16.5. The molecule has 5 nitrogen and oxygen atoms in total. The highest BCUT2D eigenvalue weighted by molar-refractivity contribution is 5.87. The topological polar surface area (TPSA) is 73.7 Å². The smallest absolute Gasteiger partial charge is 0.158 e. The Kier molecular flexibility index (Phi) is 5.55. The van der Waals surface area contributed by atoms with Crippen LogP contribution in [0.15, 0.2) is 85.1 Å². The fourth-order valence-electron chi connectivity index (χ4n) is 3.54. The van der Waals surface area contributed by atoms with Crippen LogP contribution in [0.4, 0.5) is 0 Å². The number of hydrogen-bond acceptors (Lipinski definition) is 4. The van der Waals surface area contributed by atoms with Crippen LogP contribution < -0.4 is 5.32 Å². The zero-order valence-corrected chi connectivity index (χ0v) is 17.4. The first kappa shape index (κ1) is 20.0. The summed E-state index contributed by atoms with van der Waals surface area (Å²) in [6.07, 6.45) is 0. The first-order valence-corrected chi connectivity index (χ1v) is 9.86. The van der Waals surface area contributed by atoms with Gasteiger partial charge in [-0.05, 0) is 34.9 Å². The Morgan fingerprint density at radius 2 is 1.74 bits per heavy atom. The van der Waals surface area contributed by atoms with Crippen molar-refractivity contribution < 1.29 is 4.74 Å². The van der Waals surface area contributed by atoms with Gasteiger partial charge in [-0.3, -0.25) is 0 Å². The number of fused-ring (bicyclic) bond motifs is 1. The van der Waals surface area contributed by atoms with E-state index in [1.165, 1.54) is 0 Å². The Hall–Kier alpha value is -4.30.